The molecule has 33 heavy (non-hydrogen) atoms. The van der Waals surface area contributed by atoms with E-state index in [0.717, 1.165) is 5.56 Å². The highest BCUT2D eigenvalue weighted by Gasteiger charge is 2.57. The molecule has 2 aliphatic heterocycles. The van der Waals surface area contributed by atoms with Crippen LogP contribution in [0.2, 0.25) is 0 Å². The van der Waals surface area contributed by atoms with Crippen LogP contribution in [0.4, 0.5) is 0 Å². The molecule has 2 aromatic carbocycles. The standard InChI is InChI=1S/C23H26O9S/c1-14-9-11-16(12-10-14)33(26,27)32-17(13-28-21(25)15-7-5-4-6-8-15)19-18(24)20-22(29-19)31-23(2,3)30-20/h4-12,17-20,22,24H,13H2,1-3H3. The molecule has 2 aliphatic rings. The Balaban J connectivity index is 1.54. The number of esters is 1. The number of aliphatic hydroxyl groups is 1. The van der Waals surface area contributed by atoms with Gasteiger partial charge in [0.2, 0.25) is 0 Å². The maximum absolute atomic E-state index is 12.9. The first-order chi connectivity index (χ1) is 15.6. The van der Waals surface area contributed by atoms with Crippen molar-refractivity contribution in [2.45, 2.75) is 62.2 Å². The van der Waals surface area contributed by atoms with E-state index in [1.54, 1.807) is 56.3 Å². The van der Waals surface area contributed by atoms with Gasteiger partial charge in [0.1, 0.15) is 31.0 Å². The molecule has 0 saturated carbocycles. The molecule has 0 spiro atoms. The van der Waals surface area contributed by atoms with Gasteiger partial charge in [-0.25, -0.2) is 4.79 Å². The lowest BCUT2D eigenvalue weighted by atomic mass is 10.1. The second kappa shape index (κ2) is 9.13. The molecule has 5 atom stereocenters. The lowest BCUT2D eigenvalue weighted by Gasteiger charge is -2.28. The maximum Gasteiger partial charge on any atom is 0.338 e. The fourth-order valence-electron chi connectivity index (χ4n) is 3.74. The van der Waals surface area contributed by atoms with Crippen molar-refractivity contribution in [2.24, 2.45) is 0 Å². The van der Waals surface area contributed by atoms with Gasteiger partial charge in [-0.05, 0) is 45.0 Å². The summed E-state index contributed by atoms with van der Waals surface area (Å²) < 4.78 is 53.6. The monoisotopic (exact) mass is 478 g/mol. The number of carbonyl (C=O) groups excluding carboxylic acids is 1. The number of ether oxygens (including phenoxy) is 4. The van der Waals surface area contributed by atoms with E-state index in [2.05, 4.69) is 0 Å². The summed E-state index contributed by atoms with van der Waals surface area (Å²) in [6.45, 7) is 4.69. The topological polar surface area (TPSA) is 118 Å². The summed E-state index contributed by atoms with van der Waals surface area (Å²) in [7, 11) is -4.26. The fraction of sp³-hybridized carbons (Fsp3) is 0.435. The quantitative estimate of drug-likeness (QED) is 0.472. The fourth-order valence-corrected chi connectivity index (χ4v) is 4.81. The summed E-state index contributed by atoms with van der Waals surface area (Å²) in [6.07, 6.45) is -5.56. The molecule has 0 aromatic heterocycles. The highest BCUT2D eigenvalue weighted by Crippen LogP contribution is 2.39. The minimum atomic E-state index is -4.26. The van der Waals surface area contributed by atoms with Crippen LogP contribution in [0.1, 0.15) is 29.8 Å². The van der Waals surface area contributed by atoms with E-state index in [9.17, 15) is 18.3 Å². The van der Waals surface area contributed by atoms with Crippen LogP contribution >= 0.6 is 0 Å². The molecular weight excluding hydrogens is 452 g/mol. The predicted molar refractivity (Wildman–Crippen MR) is 115 cm³/mol. The van der Waals surface area contributed by atoms with Gasteiger partial charge in [-0.3, -0.25) is 4.18 Å². The molecule has 2 saturated heterocycles. The van der Waals surface area contributed by atoms with Gasteiger partial charge in [0.15, 0.2) is 12.1 Å². The Morgan fingerprint density at radius 3 is 2.39 bits per heavy atom. The van der Waals surface area contributed by atoms with Gasteiger partial charge in [-0.2, -0.15) is 8.42 Å². The molecule has 4 rings (SSSR count). The molecule has 0 aliphatic carbocycles. The average Bonchev–Trinajstić information content (AvgIpc) is 3.24. The van der Waals surface area contributed by atoms with E-state index < -0.39 is 59.2 Å². The van der Waals surface area contributed by atoms with E-state index in [1.807, 2.05) is 6.92 Å². The lowest BCUT2D eigenvalue weighted by Crippen LogP contribution is -2.45. The molecule has 9 nitrogen and oxygen atoms in total. The van der Waals surface area contributed by atoms with Gasteiger partial charge >= 0.3 is 5.97 Å². The van der Waals surface area contributed by atoms with Crippen molar-refractivity contribution >= 4 is 16.1 Å². The van der Waals surface area contributed by atoms with Crippen LogP contribution in [0.15, 0.2) is 59.5 Å². The number of hydrogen-bond donors (Lipinski definition) is 1. The van der Waals surface area contributed by atoms with Crippen molar-refractivity contribution in [1.82, 2.24) is 0 Å². The third-order valence-corrected chi connectivity index (χ3v) is 6.72. The minimum Gasteiger partial charge on any atom is -0.459 e. The molecule has 0 amide bonds. The Morgan fingerprint density at radius 2 is 1.76 bits per heavy atom. The van der Waals surface area contributed by atoms with Crippen molar-refractivity contribution in [3.8, 4) is 0 Å². The summed E-state index contributed by atoms with van der Waals surface area (Å²) in [6, 6.07) is 14.3. The zero-order valence-corrected chi connectivity index (χ0v) is 19.2. The van der Waals surface area contributed by atoms with Crippen LogP contribution < -0.4 is 0 Å². The Kier molecular flexibility index (Phi) is 6.59. The summed E-state index contributed by atoms with van der Waals surface area (Å²) in [4.78, 5) is 12.3. The molecule has 0 radical (unpaired) electrons. The van der Waals surface area contributed by atoms with Crippen LogP contribution in [0.3, 0.4) is 0 Å². The Bertz CT molecular complexity index is 1080. The average molecular weight is 479 g/mol. The zero-order valence-electron chi connectivity index (χ0n) is 18.4. The molecular formula is C23H26O9S. The predicted octanol–water partition coefficient (Wildman–Crippen LogP) is 2.16. The van der Waals surface area contributed by atoms with Gasteiger partial charge in [0.05, 0.1) is 10.5 Å². The van der Waals surface area contributed by atoms with E-state index in [-0.39, 0.29) is 10.5 Å². The smallest absolute Gasteiger partial charge is 0.338 e. The maximum atomic E-state index is 12.9. The van der Waals surface area contributed by atoms with Crippen LogP contribution in [0.25, 0.3) is 0 Å². The number of benzene rings is 2. The Labute approximate surface area is 192 Å². The van der Waals surface area contributed by atoms with Gasteiger partial charge in [-0.1, -0.05) is 35.9 Å². The van der Waals surface area contributed by atoms with E-state index in [4.69, 9.17) is 23.1 Å². The number of hydrogen-bond acceptors (Lipinski definition) is 9. The van der Waals surface area contributed by atoms with Crippen LogP contribution in [0.5, 0.6) is 0 Å². The first-order valence-corrected chi connectivity index (χ1v) is 11.9. The van der Waals surface area contributed by atoms with E-state index in [0.29, 0.717) is 0 Å². The first kappa shape index (κ1) is 23.8. The Hall–Kier alpha value is -2.34. The van der Waals surface area contributed by atoms with Crippen LogP contribution in [0, 0.1) is 6.92 Å². The molecule has 178 valence electrons. The summed E-state index contributed by atoms with van der Waals surface area (Å²) in [5.41, 5.74) is 1.16. The van der Waals surface area contributed by atoms with Crippen LogP contribution in [-0.4, -0.2) is 62.6 Å². The number of fused-ring (bicyclic) bond motifs is 1. The zero-order chi connectivity index (χ0) is 23.8. The second-order valence-electron chi connectivity index (χ2n) is 8.43. The van der Waals surface area contributed by atoms with Crippen molar-refractivity contribution < 1.29 is 41.4 Å². The number of rotatable bonds is 7. The molecule has 1 N–H and O–H groups in total. The minimum absolute atomic E-state index is 0.0752. The lowest BCUT2D eigenvalue weighted by molar-refractivity contribution is -0.225. The van der Waals surface area contributed by atoms with E-state index >= 15 is 0 Å². The third kappa shape index (κ3) is 5.26. The van der Waals surface area contributed by atoms with Crippen molar-refractivity contribution in [3.05, 3.63) is 65.7 Å². The number of carbonyl (C=O) groups is 1. The molecule has 2 aromatic rings. The molecule has 2 heterocycles. The summed E-state index contributed by atoms with van der Waals surface area (Å²) in [5, 5.41) is 10.8. The summed E-state index contributed by atoms with van der Waals surface area (Å²) in [5.74, 6) is -1.64. The highest BCUT2D eigenvalue weighted by molar-refractivity contribution is 7.86. The number of aryl methyl sites for hydroxylation is 1. The third-order valence-electron chi connectivity index (χ3n) is 5.37. The van der Waals surface area contributed by atoms with Crippen molar-refractivity contribution in [2.75, 3.05) is 6.61 Å². The summed E-state index contributed by atoms with van der Waals surface area (Å²) >= 11 is 0. The Morgan fingerprint density at radius 1 is 1.09 bits per heavy atom. The van der Waals surface area contributed by atoms with Gasteiger partial charge < -0.3 is 24.1 Å². The van der Waals surface area contributed by atoms with E-state index in [1.165, 1.54) is 12.1 Å². The normalized spacial score (nSPS) is 27.2. The number of aliphatic hydroxyl groups excluding tert-OH is 1. The van der Waals surface area contributed by atoms with Gasteiger partial charge in [0, 0.05) is 0 Å². The van der Waals surface area contributed by atoms with Crippen LogP contribution in [-0.2, 0) is 33.2 Å². The van der Waals surface area contributed by atoms with Crippen molar-refractivity contribution in [1.29, 1.82) is 0 Å². The van der Waals surface area contributed by atoms with Gasteiger partial charge in [-0.15, -0.1) is 0 Å². The molecule has 10 heteroatoms. The SMILES string of the molecule is Cc1ccc(S(=O)(=O)OC(COC(=O)c2ccccc2)C2OC3OC(C)(C)OC3C2O)cc1. The molecule has 2 fully saturated rings. The first-order valence-electron chi connectivity index (χ1n) is 10.5. The van der Waals surface area contributed by atoms with Crippen molar-refractivity contribution in [3.63, 3.8) is 0 Å². The largest absolute Gasteiger partial charge is 0.459 e. The molecule has 5 unspecified atom stereocenters. The highest BCUT2D eigenvalue weighted by atomic mass is 32.2. The van der Waals surface area contributed by atoms with Gasteiger partial charge in [0.25, 0.3) is 10.1 Å². The second-order valence-corrected chi connectivity index (χ2v) is 10.00. The molecule has 0 bridgehead atoms.